The van der Waals surface area contributed by atoms with Crippen molar-refractivity contribution in [1.29, 1.82) is 0 Å². The molecular weight excluding hydrogens is 659 g/mol. The minimum Gasteiger partial charge on any atom is -0.446 e. The lowest BCUT2D eigenvalue weighted by Crippen LogP contribution is -2.54. The highest BCUT2D eigenvalue weighted by atomic mass is 32.2. The Kier molecular flexibility index (Phi) is 11.1. The normalized spacial score (nSPS) is 24.1. The number of nitrogens with zero attached hydrogens (tertiary/aromatic N) is 2. The van der Waals surface area contributed by atoms with Crippen molar-refractivity contribution in [3.63, 3.8) is 0 Å². The number of rotatable bonds is 15. The monoisotopic (exact) mass is 705 g/mol. The summed E-state index contributed by atoms with van der Waals surface area (Å²) in [5, 5.41) is 5.00. The number of anilines is 1. The molecule has 0 spiro atoms. The van der Waals surface area contributed by atoms with Crippen LogP contribution in [0.25, 0.3) is 11.3 Å². The molecule has 0 radical (unpaired) electrons. The minimum atomic E-state index is -3.86. The van der Waals surface area contributed by atoms with Gasteiger partial charge >= 0.3 is 6.09 Å². The molecule has 0 saturated heterocycles. The molecule has 5 rings (SSSR count). The fourth-order valence-corrected chi connectivity index (χ4v) is 7.98. The number of amides is 4. The minimum absolute atomic E-state index is 0.0387. The van der Waals surface area contributed by atoms with Crippen molar-refractivity contribution in [2.75, 3.05) is 18.9 Å². The molecule has 12 nitrogen and oxygen atoms in total. The van der Waals surface area contributed by atoms with Gasteiger partial charge in [0.2, 0.25) is 21.8 Å². The number of carbonyl (C=O) groups is 4. The van der Waals surface area contributed by atoms with Crippen molar-refractivity contribution < 1.29 is 32.3 Å². The van der Waals surface area contributed by atoms with Gasteiger partial charge < -0.3 is 15.0 Å². The number of nitrogens with one attached hydrogen (secondary N) is 3. The summed E-state index contributed by atoms with van der Waals surface area (Å²) in [5.74, 6) is -3.91. The van der Waals surface area contributed by atoms with Gasteiger partial charge in [-0.1, -0.05) is 30.4 Å². The van der Waals surface area contributed by atoms with Crippen molar-refractivity contribution in [2.45, 2.75) is 82.1 Å². The predicted molar refractivity (Wildman–Crippen MR) is 190 cm³/mol. The molecule has 13 heteroatoms. The lowest BCUT2D eigenvalue weighted by molar-refractivity contribution is -0.140. The van der Waals surface area contributed by atoms with Crippen LogP contribution in [0.2, 0.25) is 0 Å². The van der Waals surface area contributed by atoms with Gasteiger partial charge in [0.05, 0.1) is 28.5 Å². The molecule has 1 heterocycles. The first-order valence-corrected chi connectivity index (χ1v) is 18.7. The predicted octanol–water partition coefficient (Wildman–Crippen LogP) is 4.79. The van der Waals surface area contributed by atoms with Crippen LogP contribution in [0.5, 0.6) is 0 Å². The number of unbranched alkanes of at least 4 members (excludes halogenated alkanes) is 2. The number of ether oxygens (including phenoxy) is 1. The summed E-state index contributed by atoms with van der Waals surface area (Å²) in [4.78, 5) is 60.5. The Hall–Kier alpha value is -4.52. The van der Waals surface area contributed by atoms with Crippen molar-refractivity contribution >= 4 is 39.5 Å². The lowest BCUT2D eigenvalue weighted by atomic mass is 9.93. The van der Waals surface area contributed by atoms with E-state index in [1.165, 1.54) is 6.08 Å². The summed E-state index contributed by atoms with van der Waals surface area (Å²) in [6.45, 7) is 11.8. The second-order valence-electron chi connectivity index (χ2n) is 13.8. The third-order valence-corrected chi connectivity index (χ3v) is 11.6. The highest BCUT2D eigenvalue weighted by molar-refractivity contribution is 7.91. The van der Waals surface area contributed by atoms with Crippen molar-refractivity contribution in [2.24, 2.45) is 17.8 Å². The molecule has 0 bridgehead atoms. The molecule has 3 aliphatic rings. The smallest absolute Gasteiger partial charge is 0.411 e. The highest BCUT2D eigenvalue weighted by Crippen LogP contribution is 2.46. The van der Waals surface area contributed by atoms with Crippen molar-refractivity contribution in [3.05, 3.63) is 73.0 Å². The molecule has 3 fully saturated rings. The Morgan fingerprint density at radius 3 is 2.40 bits per heavy atom. The molecular formula is C37H47N5O7S. The van der Waals surface area contributed by atoms with E-state index in [1.807, 2.05) is 50.3 Å². The van der Waals surface area contributed by atoms with E-state index in [0.717, 1.165) is 30.4 Å². The van der Waals surface area contributed by atoms with E-state index in [1.54, 1.807) is 18.1 Å². The SMILES string of the molecule is C=CCCCCN(C)C(=O)[C@@H]1C[C@H](OC(=O)Nc2cc(C)ccc2-c2ccc(C)cn2)C[C@H]1C(=O)N[C@]1(C(=O)NS(=O)(=O)C2CC2)C[C@H]1C=C. The maximum Gasteiger partial charge on any atom is 0.411 e. The van der Waals surface area contributed by atoms with E-state index in [4.69, 9.17) is 4.74 Å². The molecule has 3 aliphatic carbocycles. The van der Waals surface area contributed by atoms with Gasteiger partial charge in [0.25, 0.3) is 5.91 Å². The molecule has 1 aromatic carbocycles. The van der Waals surface area contributed by atoms with Crippen LogP contribution in [0.1, 0.15) is 62.5 Å². The number of pyridine rings is 1. The molecule has 50 heavy (non-hydrogen) atoms. The van der Waals surface area contributed by atoms with Crippen LogP contribution in [0.4, 0.5) is 10.5 Å². The van der Waals surface area contributed by atoms with Gasteiger partial charge in [0.15, 0.2) is 0 Å². The third kappa shape index (κ3) is 8.43. The van der Waals surface area contributed by atoms with Gasteiger partial charge in [-0.2, -0.15) is 0 Å². The number of benzene rings is 1. The largest absolute Gasteiger partial charge is 0.446 e. The molecule has 0 aliphatic heterocycles. The molecule has 3 saturated carbocycles. The zero-order valence-corrected chi connectivity index (χ0v) is 29.8. The quantitative estimate of drug-likeness (QED) is 0.176. The number of sulfonamides is 1. The summed E-state index contributed by atoms with van der Waals surface area (Å²) >= 11 is 0. The zero-order chi connectivity index (χ0) is 36.2. The second kappa shape index (κ2) is 15.2. The van der Waals surface area contributed by atoms with E-state index in [-0.39, 0.29) is 25.2 Å². The Bertz CT molecular complexity index is 1760. The average molecular weight is 706 g/mol. The van der Waals surface area contributed by atoms with Gasteiger partial charge in [-0.25, -0.2) is 13.2 Å². The number of hydrogen-bond donors (Lipinski definition) is 3. The summed E-state index contributed by atoms with van der Waals surface area (Å²) in [7, 11) is -2.18. The molecule has 2 aromatic rings. The number of hydrogen-bond acceptors (Lipinski definition) is 8. The number of aromatic nitrogens is 1. The number of aryl methyl sites for hydroxylation is 2. The Morgan fingerprint density at radius 1 is 1.04 bits per heavy atom. The fourth-order valence-electron chi connectivity index (χ4n) is 6.61. The summed E-state index contributed by atoms with van der Waals surface area (Å²) in [6, 6.07) is 9.40. The maximum absolute atomic E-state index is 14.0. The first-order chi connectivity index (χ1) is 23.8. The van der Waals surface area contributed by atoms with Crippen LogP contribution in [-0.2, 0) is 29.1 Å². The third-order valence-electron chi connectivity index (χ3n) is 9.82. The van der Waals surface area contributed by atoms with E-state index >= 15 is 0 Å². The van der Waals surface area contributed by atoms with Crippen molar-refractivity contribution in [3.8, 4) is 11.3 Å². The maximum atomic E-state index is 14.0. The summed E-state index contributed by atoms with van der Waals surface area (Å²) in [5.41, 5.74) is 2.30. The topological polar surface area (TPSA) is 164 Å². The van der Waals surface area contributed by atoms with E-state index in [9.17, 15) is 27.6 Å². The lowest BCUT2D eigenvalue weighted by Gasteiger charge is -2.26. The van der Waals surface area contributed by atoms with Gasteiger partial charge in [0, 0.05) is 31.3 Å². The van der Waals surface area contributed by atoms with Crippen LogP contribution >= 0.6 is 0 Å². The second-order valence-corrected chi connectivity index (χ2v) is 15.8. The van der Waals surface area contributed by atoms with Crippen LogP contribution in [0, 0.1) is 31.6 Å². The van der Waals surface area contributed by atoms with E-state index < -0.39 is 62.6 Å². The first kappa shape index (κ1) is 36.8. The van der Waals surface area contributed by atoms with Gasteiger partial charge in [-0.3, -0.25) is 29.4 Å². The standard InChI is InChI=1S/C37H47N5O7S/c1-6-8-9-10-17-42(5)34(44)30-20-26(49-36(46)39-32-18-23(3)11-15-28(32)31-16-12-24(4)22-38-31)19-29(30)33(43)40-37(21-25(37)7-2)35(45)41-50(47,48)27-13-14-27/h6-7,11-12,15-16,18,22,25-27,29-30H,1-2,8-10,13-14,17,19-21H2,3-5H3,(H,39,46)(H,40,43)(H,41,45)/t25-,26-,29-,30-,37-/m1/s1. The molecule has 268 valence electrons. The van der Waals surface area contributed by atoms with Crippen molar-refractivity contribution in [1.82, 2.24) is 19.9 Å². The Morgan fingerprint density at radius 2 is 1.76 bits per heavy atom. The Balaban J connectivity index is 1.32. The van der Waals surface area contributed by atoms with Gasteiger partial charge in [-0.05, 0) is 88.5 Å². The van der Waals surface area contributed by atoms with E-state index in [0.29, 0.717) is 36.3 Å². The number of carbonyl (C=O) groups excluding carboxylic acids is 4. The zero-order valence-electron chi connectivity index (χ0n) is 28.9. The van der Waals surface area contributed by atoms with Crippen LogP contribution in [0.3, 0.4) is 0 Å². The van der Waals surface area contributed by atoms with Crippen LogP contribution in [0.15, 0.2) is 61.8 Å². The summed E-state index contributed by atoms with van der Waals surface area (Å²) < 4.78 is 33.2. The molecule has 3 N–H and O–H groups in total. The summed E-state index contributed by atoms with van der Waals surface area (Å²) in [6.07, 6.45) is 7.23. The van der Waals surface area contributed by atoms with Gasteiger partial charge in [0.1, 0.15) is 11.6 Å². The molecule has 4 amide bonds. The Labute approximate surface area is 294 Å². The highest BCUT2D eigenvalue weighted by Gasteiger charge is 2.62. The molecule has 5 atom stereocenters. The van der Waals surface area contributed by atoms with E-state index in [2.05, 4.69) is 33.5 Å². The fraction of sp³-hybridized carbons (Fsp3) is 0.486. The molecule has 1 aromatic heterocycles. The van der Waals surface area contributed by atoms with Crippen LogP contribution < -0.4 is 15.4 Å². The van der Waals surface area contributed by atoms with Gasteiger partial charge in [-0.15, -0.1) is 13.2 Å². The average Bonchev–Trinajstić information content (AvgIpc) is 4.00. The molecule has 0 unspecified atom stereocenters. The first-order valence-electron chi connectivity index (χ1n) is 17.2. The van der Waals surface area contributed by atoms with Crippen LogP contribution in [-0.4, -0.2) is 72.6 Å². The number of allylic oxidation sites excluding steroid dienone is 1.